The summed E-state index contributed by atoms with van der Waals surface area (Å²) in [6, 6.07) is 8.33. The lowest BCUT2D eigenvalue weighted by Crippen LogP contribution is -2.26. The van der Waals surface area contributed by atoms with E-state index >= 15 is 0 Å². The van der Waals surface area contributed by atoms with Gasteiger partial charge < -0.3 is 9.47 Å². The highest BCUT2D eigenvalue weighted by molar-refractivity contribution is 9.10. The molecule has 2 aromatic rings. The summed E-state index contributed by atoms with van der Waals surface area (Å²) in [6.45, 7) is 4.49. The number of hydrogen-bond donors (Lipinski definition) is 0. The monoisotopic (exact) mass is 340 g/mol. The zero-order valence-electron chi connectivity index (χ0n) is 11.1. The maximum absolute atomic E-state index is 11.6. The van der Waals surface area contributed by atoms with E-state index in [9.17, 15) is 4.79 Å². The van der Waals surface area contributed by atoms with Gasteiger partial charge in [0.1, 0.15) is 0 Å². The predicted molar refractivity (Wildman–Crippen MR) is 83.8 cm³/mol. The number of thiazole rings is 1. The van der Waals surface area contributed by atoms with Gasteiger partial charge in [0.05, 0.1) is 0 Å². The third-order valence-corrected chi connectivity index (χ3v) is 4.46. The minimum Gasteiger partial charge on any atom is -0.302 e. The van der Waals surface area contributed by atoms with Crippen molar-refractivity contribution in [3.63, 3.8) is 0 Å². The fraction of sp³-hybridized carbons (Fsp3) is 0.357. The highest BCUT2D eigenvalue weighted by Crippen LogP contribution is 2.11. The summed E-state index contributed by atoms with van der Waals surface area (Å²) in [5.74, 6) is 0. The lowest BCUT2D eigenvalue weighted by atomic mass is 10.2. The van der Waals surface area contributed by atoms with Gasteiger partial charge in [0.2, 0.25) is 0 Å². The number of nitrogens with zero attached hydrogens (tertiary/aromatic N) is 2. The molecule has 102 valence electrons. The van der Waals surface area contributed by atoms with Crippen molar-refractivity contribution in [2.75, 3.05) is 13.6 Å². The molecule has 0 spiro atoms. The Balaban J connectivity index is 1.90. The summed E-state index contributed by atoms with van der Waals surface area (Å²) in [6.07, 6.45) is 0. The quantitative estimate of drug-likeness (QED) is 0.835. The third kappa shape index (κ3) is 4.03. The van der Waals surface area contributed by atoms with Crippen LogP contribution in [0.15, 0.2) is 38.9 Å². The lowest BCUT2D eigenvalue weighted by Gasteiger charge is -2.17. The van der Waals surface area contributed by atoms with Gasteiger partial charge in [0, 0.05) is 35.2 Å². The average molecular weight is 341 g/mol. The SMILES string of the molecule is Cc1csc(=O)n1CCN(C)Cc1ccc(Br)cc1. The minimum atomic E-state index is 0.134. The second kappa shape index (κ2) is 6.50. The molecule has 0 aliphatic rings. The van der Waals surface area contributed by atoms with Crippen LogP contribution in [0.25, 0.3) is 0 Å². The molecule has 0 N–H and O–H groups in total. The van der Waals surface area contributed by atoms with E-state index in [4.69, 9.17) is 0 Å². The molecule has 0 aliphatic heterocycles. The Morgan fingerprint density at radius 1 is 1.32 bits per heavy atom. The first-order chi connectivity index (χ1) is 9.06. The van der Waals surface area contributed by atoms with Crippen LogP contribution in [0.1, 0.15) is 11.3 Å². The number of aryl methyl sites for hydroxylation is 1. The zero-order valence-corrected chi connectivity index (χ0v) is 13.5. The fourth-order valence-electron chi connectivity index (χ4n) is 1.93. The number of hydrogen-bond acceptors (Lipinski definition) is 3. The standard InChI is InChI=1S/C14H17BrN2OS/c1-11-10-19-14(18)17(11)8-7-16(2)9-12-3-5-13(15)6-4-12/h3-6,10H,7-9H2,1-2H3. The van der Waals surface area contributed by atoms with Crippen molar-refractivity contribution in [2.24, 2.45) is 0 Å². The van der Waals surface area contributed by atoms with Gasteiger partial charge in [-0.15, -0.1) is 0 Å². The van der Waals surface area contributed by atoms with Crippen LogP contribution in [0.3, 0.4) is 0 Å². The number of halogens is 1. The molecule has 0 amide bonds. The van der Waals surface area contributed by atoms with Crippen LogP contribution in [0.5, 0.6) is 0 Å². The first-order valence-electron chi connectivity index (χ1n) is 6.14. The van der Waals surface area contributed by atoms with E-state index in [1.807, 2.05) is 16.9 Å². The molecular formula is C14H17BrN2OS. The van der Waals surface area contributed by atoms with Crippen LogP contribution in [-0.2, 0) is 13.1 Å². The van der Waals surface area contributed by atoms with Crippen molar-refractivity contribution in [1.82, 2.24) is 9.47 Å². The zero-order chi connectivity index (χ0) is 13.8. The first kappa shape index (κ1) is 14.5. The Hall–Kier alpha value is -0.910. The molecule has 0 fully saturated rings. The molecule has 0 radical (unpaired) electrons. The normalized spacial score (nSPS) is 11.2. The van der Waals surface area contributed by atoms with Gasteiger partial charge in [-0.1, -0.05) is 39.4 Å². The molecular weight excluding hydrogens is 324 g/mol. The van der Waals surface area contributed by atoms with Gasteiger partial charge in [-0.25, -0.2) is 0 Å². The number of aromatic nitrogens is 1. The van der Waals surface area contributed by atoms with Crippen LogP contribution < -0.4 is 4.87 Å². The fourth-order valence-corrected chi connectivity index (χ4v) is 2.95. The van der Waals surface area contributed by atoms with E-state index in [0.29, 0.717) is 0 Å². The molecule has 0 saturated heterocycles. The highest BCUT2D eigenvalue weighted by Gasteiger charge is 2.05. The van der Waals surface area contributed by atoms with Crippen LogP contribution in [0, 0.1) is 6.92 Å². The molecule has 5 heteroatoms. The number of benzene rings is 1. The van der Waals surface area contributed by atoms with Crippen molar-refractivity contribution in [2.45, 2.75) is 20.0 Å². The molecule has 0 bridgehead atoms. The van der Waals surface area contributed by atoms with Crippen LogP contribution in [0.4, 0.5) is 0 Å². The van der Waals surface area contributed by atoms with Gasteiger partial charge in [-0.3, -0.25) is 4.79 Å². The van der Waals surface area contributed by atoms with Crippen LogP contribution >= 0.6 is 27.3 Å². The van der Waals surface area contributed by atoms with Crippen molar-refractivity contribution in [3.8, 4) is 0 Å². The summed E-state index contributed by atoms with van der Waals surface area (Å²) < 4.78 is 2.93. The molecule has 0 saturated carbocycles. The lowest BCUT2D eigenvalue weighted by molar-refractivity contribution is 0.309. The summed E-state index contributed by atoms with van der Waals surface area (Å²) >= 11 is 4.71. The van der Waals surface area contributed by atoms with Crippen molar-refractivity contribution in [1.29, 1.82) is 0 Å². The molecule has 2 rings (SSSR count). The molecule has 0 unspecified atom stereocenters. The minimum absolute atomic E-state index is 0.134. The van der Waals surface area contributed by atoms with Crippen LogP contribution in [0.2, 0.25) is 0 Å². The van der Waals surface area contributed by atoms with E-state index in [0.717, 1.165) is 29.8 Å². The van der Waals surface area contributed by atoms with Crippen molar-refractivity contribution >= 4 is 27.3 Å². The summed E-state index contributed by atoms with van der Waals surface area (Å²) in [5.41, 5.74) is 2.33. The molecule has 1 aromatic heterocycles. The van der Waals surface area contributed by atoms with Gasteiger partial charge in [0.25, 0.3) is 0 Å². The number of rotatable bonds is 5. The van der Waals surface area contributed by atoms with Gasteiger partial charge in [-0.2, -0.15) is 0 Å². The highest BCUT2D eigenvalue weighted by atomic mass is 79.9. The maximum atomic E-state index is 11.6. The maximum Gasteiger partial charge on any atom is 0.307 e. The molecule has 3 nitrogen and oxygen atoms in total. The van der Waals surface area contributed by atoms with Gasteiger partial charge >= 0.3 is 4.87 Å². The van der Waals surface area contributed by atoms with E-state index in [2.05, 4.69) is 52.1 Å². The van der Waals surface area contributed by atoms with E-state index in [1.54, 1.807) is 0 Å². The summed E-state index contributed by atoms with van der Waals surface area (Å²) in [7, 11) is 2.08. The van der Waals surface area contributed by atoms with Gasteiger partial charge in [0.15, 0.2) is 0 Å². The number of likely N-dealkylation sites (N-methyl/N-ethyl adjacent to an activating group) is 1. The largest absolute Gasteiger partial charge is 0.307 e. The average Bonchev–Trinajstić information content (AvgIpc) is 2.70. The second-order valence-corrected chi connectivity index (χ2v) is 6.40. The molecule has 1 heterocycles. The molecule has 0 atom stereocenters. The van der Waals surface area contributed by atoms with E-state index < -0.39 is 0 Å². The smallest absolute Gasteiger partial charge is 0.302 e. The Kier molecular flexibility index (Phi) is 4.96. The Morgan fingerprint density at radius 2 is 2.00 bits per heavy atom. The Labute approximate surface area is 125 Å². The summed E-state index contributed by atoms with van der Waals surface area (Å²) in [5, 5.41) is 1.91. The third-order valence-electron chi connectivity index (χ3n) is 3.05. The van der Waals surface area contributed by atoms with E-state index in [-0.39, 0.29) is 4.87 Å². The van der Waals surface area contributed by atoms with E-state index in [1.165, 1.54) is 16.9 Å². The summed E-state index contributed by atoms with van der Waals surface area (Å²) in [4.78, 5) is 14.0. The van der Waals surface area contributed by atoms with Crippen molar-refractivity contribution < 1.29 is 0 Å². The topological polar surface area (TPSA) is 25.2 Å². The molecule has 1 aromatic carbocycles. The first-order valence-corrected chi connectivity index (χ1v) is 7.81. The van der Waals surface area contributed by atoms with Crippen LogP contribution in [-0.4, -0.2) is 23.1 Å². The predicted octanol–water partition coefficient (Wildman–Crippen LogP) is 3.11. The second-order valence-electron chi connectivity index (χ2n) is 4.66. The van der Waals surface area contributed by atoms with Gasteiger partial charge in [-0.05, 0) is 31.7 Å². The molecule has 19 heavy (non-hydrogen) atoms. The van der Waals surface area contributed by atoms with Crippen molar-refractivity contribution in [3.05, 3.63) is 55.0 Å². The molecule has 0 aliphatic carbocycles. The Morgan fingerprint density at radius 3 is 2.58 bits per heavy atom. The Bertz CT molecular complexity index is 588.